The minimum absolute atomic E-state index is 0.00699. The van der Waals surface area contributed by atoms with Gasteiger partial charge < -0.3 is 24.6 Å². The van der Waals surface area contributed by atoms with Gasteiger partial charge in [0.1, 0.15) is 17.1 Å². The van der Waals surface area contributed by atoms with E-state index in [0.717, 1.165) is 45.5 Å². The number of ether oxygens (including phenoxy) is 1. The molecule has 0 aliphatic carbocycles. The Labute approximate surface area is 198 Å². The summed E-state index contributed by atoms with van der Waals surface area (Å²) in [6.07, 6.45) is 4.64. The Morgan fingerprint density at radius 2 is 1.97 bits per heavy atom. The van der Waals surface area contributed by atoms with Crippen LogP contribution in [-0.4, -0.2) is 71.1 Å². The summed E-state index contributed by atoms with van der Waals surface area (Å²) in [6, 6.07) is 15.4. The first kappa shape index (κ1) is 22.0. The van der Waals surface area contributed by atoms with Gasteiger partial charge in [-0.25, -0.2) is 4.98 Å². The van der Waals surface area contributed by atoms with Crippen LogP contribution in [0.25, 0.3) is 33.3 Å². The highest BCUT2D eigenvalue weighted by molar-refractivity contribution is 6.00. The lowest BCUT2D eigenvalue weighted by Crippen LogP contribution is -2.34. The van der Waals surface area contributed by atoms with E-state index < -0.39 is 0 Å². The van der Waals surface area contributed by atoms with Crippen molar-refractivity contribution in [3.05, 3.63) is 66.5 Å². The van der Waals surface area contributed by atoms with Crippen molar-refractivity contribution in [1.29, 1.82) is 0 Å². The number of phenols is 1. The third kappa shape index (κ3) is 3.88. The Morgan fingerprint density at radius 1 is 1.15 bits per heavy atom. The molecule has 2 aromatic heterocycles. The van der Waals surface area contributed by atoms with E-state index in [1.807, 2.05) is 55.5 Å². The monoisotopic (exact) mass is 456 g/mol. The lowest BCUT2D eigenvalue weighted by atomic mass is 10.00. The Morgan fingerprint density at radius 3 is 2.74 bits per heavy atom. The summed E-state index contributed by atoms with van der Waals surface area (Å²) >= 11 is 0. The lowest BCUT2D eigenvalue weighted by molar-refractivity contribution is 0.0780. The van der Waals surface area contributed by atoms with Gasteiger partial charge in [0, 0.05) is 53.6 Å². The van der Waals surface area contributed by atoms with Gasteiger partial charge in [0.2, 0.25) is 0 Å². The van der Waals surface area contributed by atoms with E-state index in [1.165, 1.54) is 0 Å². The number of aromatic nitrogens is 2. The molecule has 1 aliphatic heterocycles. The number of phenolic OH excluding ortho intramolecular Hbond substituents is 1. The Kier molecular flexibility index (Phi) is 5.71. The molecule has 0 spiro atoms. The van der Waals surface area contributed by atoms with Crippen LogP contribution in [-0.2, 0) is 0 Å². The zero-order valence-corrected chi connectivity index (χ0v) is 19.6. The molecule has 34 heavy (non-hydrogen) atoms. The first-order valence-electron chi connectivity index (χ1n) is 11.4. The van der Waals surface area contributed by atoms with Crippen molar-refractivity contribution in [3.63, 3.8) is 0 Å². The first-order chi connectivity index (χ1) is 16.5. The molecule has 0 radical (unpaired) electrons. The smallest absolute Gasteiger partial charge is 0.257 e. The molecular formula is C27H28N4O3. The van der Waals surface area contributed by atoms with Gasteiger partial charge in [-0.1, -0.05) is 24.3 Å². The number of carbonyl (C=O) groups is 1. The van der Waals surface area contributed by atoms with Crippen LogP contribution in [0.4, 0.5) is 0 Å². The van der Waals surface area contributed by atoms with Crippen molar-refractivity contribution in [1.82, 2.24) is 19.8 Å². The molecule has 2 N–H and O–H groups in total. The summed E-state index contributed by atoms with van der Waals surface area (Å²) in [7, 11) is 5.72. The molecule has 7 heteroatoms. The van der Waals surface area contributed by atoms with Crippen LogP contribution in [0.2, 0.25) is 0 Å². The molecule has 1 aliphatic rings. The number of nitrogens with zero attached hydrogens (tertiary/aromatic N) is 3. The van der Waals surface area contributed by atoms with Gasteiger partial charge in [-0.3, -0.25) is 4.79 Å². The Hall–Kier alpha value is -3.84. The standard InChI is InChI=1S/C27H28N4O3/c1-30(2)19-10-11-31(16-19)27(33)22-12-17(8-9-24(22)32)18-13-21-23(15-29-26(21)28-14-18)20-6-4-5-7-25(20)34-3/h4-9,12-15,19,32H,10-11,16H2,1-3H3,(H,28,29)/t19-/m0/s1. The number of pyridine rings is 1. The summed E-state index contributed by atoms with van der Waals surface area (Å²) in [6.45, 7) is 1.35. The normalized spacial score (nSPS) is 15.9. The molecule has 3 heterocycles. The van der Waals surface area contributed by atoms with Crippen molar-refractivity contribution in [2.24, 2.45) is 0 Å². The van der Waals surface area contributed by atoms with E-state index in [4.69, 9.17) is 4.74 Å². The highest BCUT2D eigenvalue weighted by Gasteiger charge is 2.29. The third-order valence-corrected chi connectivity index (χ3v) is 6.67. The molecule has 1 atom stereocenters. The van der Waals surface area contributed by atoms with Gasteiger partial charge in [0.15, 0.2) is 0 Å². The number of H-pyrrole nitrogens is 1. The van der Waals surface area contributed by atoms with E-state index in [-0.39, 0.29) is 11.7 Å². The van der Waals surface area contributed by atoms with Crippen LogP contribution in [0, 0.1) is 0 Å². The third-order valence-electron chi connectivity index (χ3n) is 6.67. The predicted molar refractivity (Wildman–Crippen MR) is 133 cm³/mol. The van der Waals surface area contributed by atoms with Gasteiger partial charge in [0.25, 0.3) is 5.91 Å². The van der Waals surface area contributed by atoms with E-state index in [0.29, 0.717) is 24.7 Å². The molecule has 1 saturated heterocycles. The summed E-state index contributed by atoms with van der Waals surface area (Å²) in [5.74, 6) is 0.634. The first-order valence-corrected chi connectivity index (χ1v) is 11.4. The fourth-order valence-corrected chi connectivity index (χ4v) is 4.66. The van der Waals surface area contributed by atoms with Gasteiger partial charge in [-0.2, -0.15) is 0 Å². The van der Waals surface area contributed by atoms with Gasteiger partial charge in [-0.05, 0) is 50.3 Å². The summed E-state index contributed by atoms with van der Waals surface area (Å²) in [4.78, 5) is 25.0. The predicted octanol–water partition coefficient (Wildman–Crippen LogP) is 4.39. The molecule has 2 aromatic carbocycles. The zero-order valence-electron chi connectivity index (χ0n) is 19.6. The highest BCUT2D eigenvalue weighted by atomic mass is 16.5. The maximum absolute atomic E-state index is 13.2. The van der Waals surface area contributed by atoms with Crippen LogP contribution in [0.3, 0.4) is 0 Å². The molecule has 7 nitrogen and oxygen atoms in total. The van der Waals surface area contributed by atoms with Crippen molar-refractivity contribution in [2.75, 3.05) is 34.3 Å². The molecule has 0 bridgehead atoms. The Balaban J connectivity index is 1.51. The highest BCUT2D eigenvalue weighted by Crippen LogP contribution is 2.36. The molecule has 5 rings (SSSR count). The number of fused-ring (bicyclic) bond motifs is 1. The van der Waals surface area contributed by atoms with Crippen LogP contribution < -0.4 is 4.74 Å². The summed E-state index contributed by atoms with van der Waals surface area (Å²) < 4.78 is 5.55. The minimum Gasteiger partial charge on any atom is -0.507 e. The number of rotatable bonds is 5. The summed E-state index contributed by atoms with van der Waals surface area (Å²) in [5.41, 5.74) is 4.74. The van der Waals surface area contributed by atoms with Gasteiger partial charge in [0.05, 0.1) is 12.7 Å². The van der Waals surface area contributed by atoms with Crippen LogP contribution in [0.15, 0.2) is 60.9 Å². The van der Waals surface area contributed by atoms with Gasteiger partial charge >= 0.3 is 0 Å². The number of likely N-dealkylation sites (tertiary alicyclic amines) is 1. The van der Waals surface area contributed by atoms with Crippen molar-refractivity contribution in [3.8, 4) is 33.8 Å². The molecule has 1 amide bonds. The second kappa shape index (κ2) is 8.83. The summed E-state index contributed by atoms with van der Waals surface area (Å²) in [5, 5.41) is 11.4. The molecule has 0 saturated carbocycles. The molecule has 174 valence electrons. The maximum Gasteiger partial charge on any atom is 0.257 e. The number of aromatic amines is 1. The van der Waals surface area contributed by atoms with E-state index >= 15 is 0 Å². The van der Waals surface area contributed by atoms with Crippen LogP contribution >= 0.6 is 0 Å². The number of amides is 1. The minimum atomic E-state index is -0.144. The second-order valence-corrected chi connectivity index (χ2v) is 8.91. The quantitative estimate of drug-likeness (QED) is 0.466. The van der Waals surface area contributed by atoms with Crippen molar-refractivity contribution >= 4 is 16.9 Å². The number of likely N-dealkylation sites (N-methyl/N-ethyl adjacent to an activating group) is 1. The fraction of sp³-hybridized carbons (Fsp3) is 0.259. The number of hydrogen-bond donors (Lipinski definition) is 2. The average molecular weight is 457 g/mol. The van der Waals surface area contributed by atoms with E-state index in [2.05, 4.69) is 20.9 Å². The number of carbonyl (C=O) groups excluding carboxylic acids is 1. The largest absolute Gasteiger partial charge is 0.507 e. The maximum atomic E-state index is 13.2. The van der Waals surface area contributed by atoms with E-state index in [1.54, 1.807) is 25.4 Å². The number of benzene rings is 2. The second-order valence-electron chi connectivity index (χ2n) is 8.91. The number of para-hydroxylation sites is 1. The van der Waals surface area contributed by atoms with Gasteiger partial charge in [-0.15, -0.1) is 0 Å². The van der Waals surface area contributed by atoms with Crippen molar-refractivity contribution < 1.29 is 14.6 Å². The fourth-order valence-electron chi connectivity index (χ4n) is 4.66. The van der Waals surface area contributed by atoms with E-state index in [9.17, 15) is 9.90 Å². The molecule has 1 fully saturated rings. The number of methoxy groups -OCH3 is 1. The van der Waals surface area contributed by atoms with Crippen LogP contribution in [0.1, 0.15) is 16.8 Å². The molecular weight excluding hydrogens is 428 g/mol. The van der Waals surface area contributed by atoms with Crippen LogP contribution in [0.5, 0.6) is 11.5 Å². The Bertz CT molecular complexity index is 1360. The zero-order chi connectivity index (χ0) is 23.8. The molecule has 4 aromatic rings. The number of hydrogen-bond acceptors (Lipinski definition) is 5. The number of aromatic hydroxyl groups is 1. The average Bonchev–Trinajstić information content (AvgIpc) is 3.51. The SMILES string of the molecule is COc1ccccc1-c1c[nH]c2ncc(-c3ccc(O)c(C(=O)N4CC[C@H](N(C)C)C4)c3)cc12. The number of nitrogens with one attached hydrogen (secondary N) is 1. The lowest BCUT2D eigenvalue weighted by Gasteiger charge is -2.21. The van der Waals surface area contributed by atoms with Crippen molar-refractivity contribution in [2.45, 2.75) is 12.5 Å². The molecule has 0 unspecified atom stereocenters. The topological polar surface area (TPSA) is 81.7 Å².